The number of hydrogen-bond acceptors (Lipinski definition) is 6. The quantitative estimate of drug-likeness (QED) is 0.631. The van der Waals surface area contributed by atoms with Gasteiger partial charge in [0, 0.05) is 37.8 Å². The molecule has 1 aliphatic heterocycles. The Hall–Kier alpha value is -2.45. The number of hydrogen-bond donors (Lipinski definition) is 0. The molecule has 8 heteroatoms. The van der Waals surface area contributed by atoms with Gasteiger partial charge in [0.15, 0.2) is 9.84 Å². The summed E-state index contributed by atoms with van der Waals surface area (Å²) < 4.78 is 30.3. The normalized spacial score (nSPS) is 15.6. The molecule has 0 atom stereocenters. The van der Waals surface area contributed by atoms with Gasteiger partial charge < -0.3 is 9.64 Å². The summed E-state index contributed by atoms with van der Waals surface area (Å²) in [6, 6.07) is 12.2. The summed E-state index contributed by atoms with van der Waals surface area (Å²) in [6.45, 7) is 3.24. The summed E-state index contributed by atoms with van der Waals surface area (Å²) in [5.41, 5.74) is 2.62. The van der Waals surface area contributed by atoms with E-state index in [9.17, 15) is 13.2 Å². The zero-order chi connectivity index (χ0) is 20.6. The lowest BCUT2D eigenvalue weighted by Crippen LogP contribution is -2.41. The van der Waals surface area contributed by atoms with Crippen LogP contribution in [-0.4, -0.2) is 49.7 Å². The number of aromatic nitrogens is 1. The molecule has 1 saturated heterocycles. The molecule has 152 valence electrons. The number of para-hydroxylation sites is 1. The number of carbonyl (C=O) groups is 1. The Balaban J connectivity index is 1.37. The molecule has 0 spiro atoms. The van der Waals surface area contributed by atoms with E-state index in [0.717, 1.165) is 34.9 Å². The van der Waals surface area contributed by atoms with Crippen LogP contribution in [0.2, 0.25) is 0 Å². The van der Waals surface area contributed by atoms with E-state index in [2.05, 4.69) is 4.98 Å². The highest BCUT2D eigenvalue weighted by molar-refractivity contribution is 7.90. The summed E-state index contributed by atoms with van der Waals surface area (Å²) in [7, 11) is -3.27. The van der Waals surface area contributed by atoms with Crippen molar-refractivity contribution in [2.75, 3.05) is 19.3 Å². The Morgan fingerprint density at radius 1 is 1.14 bits per heavy atom. The predicted molar refractivity (Wildman–Crippen MR) is 113 cm³/mol. The van der Waals surface area contributed by atoms with Gasteiger partial charge in [-0.1, -0.05) is 23.5 Å². The number of ether oxygens (including phenoxy) is 1. The van der Waals surface area contributed by atoms with Gasteiger partial charge in [-0.25, -0.2) is 13.4 Å². The molecule has 0 bridgehead atoms. The first-order valence-corrected chi connectivity index (χ1v) is 12.1. The molecule has 0 N–H and O–H groups in total. The molecule has 29 heavy (non-hydrogen) atoms. The molecule has 0 aliphatic carbocycles. The summed E-state index contributed by atoms with van der Waals surface area (Å²) in [5.74, 6) is -0.0842. The molecule has 0 saturated carbocycles. The van der Waals surface area contributed by atoms with Gasteiger partial charge in [-0.15, -0.1) is 0 Å². The number of sulfone groups is 1. The Morgan fingerprint density at radius 3 is 2.45 bits per heavy atom. The van der Waals surface area contributed by atoms with Crippen LogP contribution < -0.4 is 4.74 Å². The number of nitrogens with zero attached hydrogens (tertiary/aromatic N) is 2. The van der Waals surface area contributed by atoms with Crippen molar-refractivity contribution in [3.63, 3.8) is 0 Å². The summed E-state index contributed by atoms with van der Waals surface area (Å²) in [5, 5.41) is 0.676. The van der Waals surface area contributed by atoms with Gasteiger partial charge in [-0.2, -0.15) is 0 Å². The lowest BCUT2D eigenvalue weighted by molar-refractivity contribution is 0.0595. The number of rotatable bonds is 4. The fourth-order valence-electron chi connectivity index (χ4n) is 3.46. The molecule has 3 aromatic rings. The van der Waals surface area contributed by atoms with Gasteiger partial charge in [0.05, 0.1) is 15.1 Å². The van der Waals surface area contributed by atoms with Crippen LogP contribution in [0.3, 0.4) is 0 Å². The fraction of sp³-hybridized carbons (Fsp3) is 0.333. The van der Waals surface area contributed by atoms with Crippen molar-refractivity contribution < 1.29 is 17.9 Å². The first-order valence-electron chi connectivity index (χ1n) is 9.43. The molecule has 1 aliphatic rings. The van der Waals surface area contributed by atoms with Crippen LogP contribution in [0, 0.1) is 6.92 Å². The Kier molecular flexibility index (Phi) is 5.31. The minimum absolute atomic E-state index is 0.0347. The van der Waals surface area contributed by atoms with Crippen molar-refractivity contribution in [2.24, 2.45) is 0 Å². The number of piperidine rings is 1. The second-order valence-corrected chi connectivity index (χ2v) is 10.3. The van der Waals surface area contributed by atoms with Gasteiger partial charge in [-0.05, 0) is 42.8 Å². The third-order valence-corrected chi connectivity index (χ3v) is 7.17. The van der Waals surface area contributed by atoms with Crippen molar-refractivity contribution in [3.05, 3.63) is 53.6 Å². The second kappa shape index (κ2) is 7.76. The van der Waals surface area contributed by atoms with E-state index in [1.807, 2.05) is 25.1 Å². The fourth-order valence-corrected chi connectivity index (χ4v) is 5.05. The number of likely N-dealkylation sites (tertiary alicyclic amines) is 1. The van der Waals surface area contributed by atoms with E-state index in [4.69, 9.17) is 4.74 Å². The zero-order valence-electron chi connectivity index (χ0n) is 16.3. The van der Waals surface area contributed by atoms with E-state index in [1.54, 1.807) is 28.4 Å². The van der Waals surface area contributed by atoms with Crippen molar-refractivity contribution in [3.8, 4) is 5.19 Å². The minimum atomic E-state index is -3.27. The molecular weight excluding hydrogens is 408 g/mol. The van der Waals surface area contributed by atoms with Gasteiger partial charge in [0.2, 0.25) is 0 Å². The van der Waals surface area contributed by atoms with Crippen molar-refractivity contribution in [1.29, 1.82) is 0 Å². The molecule has 1 aromatic heterocycles. The van der Waals surface area contributed by atoms with Gasteiger partial charge in [-0.3, -0.25) is 4.79 Å². The summed E-state index contributed by atoms with van der Waals surface area (Å²) >= 11 is 1.55. The lowest BCUT2D eigenvalue weighted by atomic mass is 10.1. The van der Waals surface area contributed by atoms with E-state index < -0.39 is 9.84 Å². The van der Waals surface area contributed by atoms with Crippen LogP contribution in [0.15, 0.2) is 47.4 Å². The van der Waals surface area contributed by atoms with Crippen molar-refractivity contribution in [2.45, 2.75) is 30.8 Å². The first kappa shape index (κ1) is 19.8. The highest BCUT2D eigenvalue weighted by Crippen LogP contribution is 2.31. The number of aryl methyl sites for hydroxylation is 1. The number of fused-ring (bicyclic) bond motifs is 1. The number of carbonyl (C=O) groups excluding carboxylic acids is 1. The highest BCUT2D eigenvalue weighted by Gasteiger charge is 2.25. The second-order valence-electron chi connectivity index (χ2n) is 7.31. The maximum Gasteiger partial charge on any atom is 0.274 e. The molecule has 2 aromatic carbocycles. The Morgan fingerprint density at radius 2 is 1.83 bits per heavy atom. The average Bonchev–Trinajstić information content (AvgIpc) is 3.11. The maximum absolute atomic E-state index is 12.7. The first-order chi connectivity index (χ1) is 13.8. The number of thiazole rings is 1. The van der Waals surface area contributed by atoms with Crippen LogP contribution in [0.5, 0.6) is 5.19 Å². The molecule has 6 nitrogen and oxygen atoms in total. The van der Waals surface area contributed by atoms with Crippen molar-refractivity contribution >= 4 is 37.3 Å². The van der Waals surface area contributed by atoms with Crippen LogP contribution in [0.25, 0.3) is 10.2 Å². The number of benzene rings is 2. The van der Waals surface area contributed by atoms with Crippen LogP contribution in [0.4, 0.5) is 0 Å². The van der Waals surface area contributed by atoms with Crippen LogP contribution in [0.1, 0.15) is 28.8 Å². The van der Waals surface area contributed by atoms with E-state index in [0.29, 0.717) is 23.8 Å². The van der Waals surface area contributed by atoms with Crippen LogP contribution >= 0.6 is 11.3 Å². The zero-order valence-corrected chi connectivity index (χ0v) is 17.9. The van der Waals surface area contributed by atoms with Crippen LogP contribution in [-0.2, 0) is 9.84 Å². The van der Waals surface area contributed by atoms with E-state index in [-0.39, 0.29) is 16.9 Å². The third kappa shape index (κ3) is 4.28. The Labute approximate surface area is 174 Å². The largest absolute Gasteiger partial charge is 0.467 e. The highest BCUT2D eigenvalue weighted by atomic mass is 32.2. The Bertz CT molecular complexity index is 1150. The van der Waals surface area contributed by atoms with Crippen molar-refractivity contribution in [1.82, 2.24) is 9.88 Å². The number of amides is 1. The SMILES string of the molecule is Cc1cccc2sc(OC3CCN(C(=O)c4ccc(S(C)(=O)=O)cc4)CC3)nc12. The van der Waals surface area contributed by atoms with Gasteiger partial charge in [0.25, 0.3) is 11.1 Å². The molecule has 1 fully saturated rings. The minimum Gasteiger partial charge on any atom is -0.467 e. The monoisotopic (exact) mass is 430 g/mol. The topological polar surface area (TPSA) is 76.6 Å². The van der Waals surface area contributed by atoms with Gasteiger partial charge in [0.1, 0.15) is 6.10 Å². The average molecular weight is 431 g/mol. The molecule has 1 amide bonds. The molecule has 0 unspecified atom stereocenters. The van der Waals surface area contributed by atoms with E-state index >= 15 is 0 Å². The third-order valence-electron chi connectivity index (χ3n) is 5.13. The van der Waals surface area contributed by atoms with Gasteiger partial charge >= 0.3 is 0 Å². The summed E-state index contributed by atoms with van der Waals surface area (Å²) in [4.78, 5) is 19.3. The standard InChI is InChI=1S/C21H22N2O4S2/c1-14-4-3-5-18-19(14)22-21(28-18)27-16-10-12-23(13-11-16)20(24)15-6-8-17(9-7-15)29(2,25)26/h3-9,16H,10-13H2,1-2H3. The maximum atomic E-state index is 12.7. The molecule has 2 heterocycles. The predicted octanol–water partition coefficient (Wildman–Crippen LogP) is 3.69. The summed E-state index contributed by atoms with van der Waals surface area (Å²) in [6.07, 6.45) is 2.67. The molecule has 0 radical (unpaired) electrons. The molecular formula is C21H22N2O4S2. The lowest BCUT2D eigenvalue weighted by Gasteiger charge is -2.31. The molecule has 4 rings (SSSR count). The van der Waals surface area contributed by atoms with E-state index in [1.165, 1.54) is 12.1 Å². The smallest absolute Gasteiger partial charge is 0.274 e.